The van der Waals surface area contributed by atoms with Gasteiger partial charge in [-0.05, 0) is 24.6 Å². The number of carboxylic acids is 1. The van der Waals surface area contributed by atoms with Gasteiger partial charge in [0.2, 0.25) is 5.91 Å². The van der Waals surface area contributed by atoms with Gasteiger partial charge in [0.05, 0.1) is 10.7 Å². The molecule has 6 nitrogen and oxygen atoms in total. The Balaban J connectivity index is 1.52. The Morgan fingerprint density at radius 3 is 3.00 bits per heavy atom. The van der Waals surface area contributed by atoms with E-state index in [1.807, 2.05) is 4.90 Å². The van der Waals surface area contributed by atoms with E-state index in [0.717, 1.165) is 12.1 Å². The van der Waals surface area contributed by atoms with Gasteiger partial charge < -0.3 is 15.3 Å². The predicted octanol–water partition coefficient (Wildman–Crippen LogP) is 4.34. The topological polar surface area (TPSA) is 82.5 Å². The second kappa shape index (κ2) is 9.14. The first-order valence-electron chi connectivity index (χ1n) is 8.24. The van der Waals surface area contributed by atoms with E-state index in [0.29, 0.717) is 39.6 Å². The molecule has 27 heavy (non-hydrogen) atoms. The van der Waals surface area contributed by atoms with Crippen LogP contribution >= 0.6 is 46.3 Å². The van der Waals surface area contributed by atoms with Crippen LogP contribution < -0.4 is 5.32 Å². The van der Waals surface area contributed by atoms with E-state index >= 15 is 0 Å². The molecule has 144 valence electrons. The molecular weight excluding hydrogens is 429 g/mol. The zero-order chi connectivity index (χ0) is 19.4. The second-order valence-corrected chi connectivity index (χ2v) is 8.98. The molecule has 10 heteroatoms. The van der Waals surface area contributed by atoms with Crippen LogP contribution in [0.3, 0.4) is 0 Å². The summed E-state index contributed by atoms with van der Waals surface area (Å²) in [5.41, 5.74) is 0.807. The lowest BCUT2D eigenvalue weighted by Crippen LogP contribution is -2.39. The third-order valence-corrected chi connectivity index (χ3v) is 6.73. The Labute approximate surface area is 174 Å². The fourth-order valence-corrected chi connectivity index (χ4v) is 4.99. The Morgan fingerprint density at radius 2 is 2.26 bits per heavy atom. The van der Waals surface area contributed by atoms with Gasteiger partial charge in [-0.3, -0.25) is 4.79 Å². The van der Waals surface area contributed by atoms with Gasteiger partial charge in [0.25, 0.3) is 0 Å². The van der Waals surface area contributed by atoms with E-state index in [9.17, 15) is 9.59 Å². The van der Waals surface area contributed by atoms with Gasteiger partial charge in [0, 0.05) is 41.7 Å². The molecule has 1 aromatic heterocycles. The van der Waals surface area contributed by atoms with Crippen LogP contribution in [0, 0.1) is 0 Å². The Bertz CT molecular complexity index is 847. The fourth-order valence-electron chi connectivity index (χ4n) is 2.83. The number of likely N-dealkylation sites (tertiary alicyclic amines) is 1. The Morgan fingerprint density at radius 1 is 1.44 bits per heavy atom. The van der Waals surface area contributed by atoms with Crippen molar-refractivity contribution >= 4 is 63.9 Å². The van der Waals surface area contributed by atoms with Crippen molar-refractivity contribution in [3.05, 3.63) is 39.3 Å². The molecule has 0 aliphatic carbocycles. The van der Waals surface area contributed by atoms with Gasteiger partial charge in [0.15, 0.2) is 10.0 Å². The van der Waals surface area contributed by atoms with Crippen molar-refractivity contribution in [3.63, 3.8) is 0 Å². The number of nitrogens with one attached hydrogen (secondary N) is 1. The molecule has 1 aromatic carbocycles. The van der Waals surface area contributed by atoms with Crippen LogP contribution in [0.5, 0.6) is 0 Å². The van der Waals surface area contributed by atoms with E-state index in [1.165, 1.54) is 28.5 Å². The highest BCUT2D eigenvalue weighted by atomic mass is 35.5. The van der Waals surface area contributed by atoms with Crippen LogP contribution in [0.1, 0.15) is 23.3 Å². The average Bonchev–Trinajstić information content (AvgIpc) is 3.24. The van der Waals surface area contributed by atoms with Crippen LogP contribution in [-0.2, 0) is 4.79 Å². The van der Waals surface area contributed by atoms with Crippen LogP contribution in [0.4, 0.5) is 5.69 Å². The molecule has 0 saturated carbocycles. The van der Waals surface area contributed by atoms with Gasteiger partial charge >= 0.3 is 5.97 Å². The number of rotatable bonds is 8. The van der Waals surface area contributed by atoms with Gasteiger partial charge in [-0.2, -0.15) is 0 Å². The molecule has 0 spiro atoms. The summed E-state index contributed by atoms with van der Waals surface area (Å²) in [5.74, 6) is -0.240. The molecule has 1 aliphatic rings. The smallest absolute Gasteiger partial charge is 0.355 e. The summed E-state index contributed by atoms with van der Waals surface area (Å²) in [6.45, 7) is 1.18. The maximum atomic E-state index is 12.2. The first-order chi connectivity index (χ1) is 12.9. The van der Waals surface area contributed by atoms with Crippen LogP contribution in [-0.4, -0.2) is 51.8 Å². The van der Waals surface area contributed by atoms with Crippen LogP contribution in [0.2, 0.25) is 10.0 Å². The quantitative estimate of drug-likeness (QED) is 0.587. The maximum Gasteiger partial charge on any atom is 0.355 e. The average molecular weight is 446 g/mol. The minimum Gasteiger partial charge on any atom is -0.476 e. The van der Waals surface area contributed by atoms with Gasteiger partial charge in [-0.1, -0.05) is 35.0 Å². The fraction of sp³-hybridized carbons (Fsp3) is 0.353. The first kappa shape index (κ1) is 20.3. The summed E-state index contributed by atoms with van der Waals surface area (Å²) >= 11 is 14.9. The van der Waals surface area contributed by atoms with Gasteiger partial charge in [-0.25, -0.2) is 9.78 Å². The van der Waals surface area contributed by atoms with Gasteiger partial charge in [-0.15, -0.1) is 11.3 Å². The van der Waals surface area contributed by atoms with E-state index < -0.39 is 5.97 Å². The van der Waals surface area contributed by atoms with Crippen molar-refractivity contribution in [1.29, 1.82) is 0 Å². The molecular formula is C17H17Cl2N3O3S2. The molecule has 2 aromatic rings. The molecule has 2 N–H and O–H groups in total. The van der Waals surface area contributed by atoms with Crippen molar-refractivity contribution in [1.82, 2.24) is 9.88 Å². The molecule has 1 saturated heterocycles. The lowest BCUT2D eigenvalue weighted by atomic mass is 10.2. The third kappa shape index (κ3) is 5.28. The number of amides is 1. The predicted molar refractivity (Wildman–Crippen MR) is 109 cm³/mol. The molecule has 1 aliphatic heterocycles. The van der Waals surface area contributed by atoms with Crippen molar-refractivity contribution in [3.8, 4) is 0 Å². The number of aromatic carboxylic acids is 1. The summed E-state index contributed by atoms with van der Waals surface area (Å²) in [6.07, 6.45) is 1.32. The zero-order valence-electron chi connectivity index (χ0n) is 14.2. The van der Waals surface area contributed by atoms with E-state index in [2.05, 4.69) is 10.3 Å². The number of nitrogens with zero attached hydrogens (tertiary/aromatic N) is 2. The molecule has 0 bridgehead atoms. The number of anilines is 1. The number of carboxylic acid groups (broad SMARTS) is 1. The summed E-state index contributed by atoms with van der Waals surface area (Å²) in [7, 11) is 0. The second-order valence-electron chi connectivity index (χ2n) is 5.94. The first-order valence-corrected chi connectivity index (χ1v) is 10.9. The number of thiazole rings is 1. The number of hydrogen-bond acceptors (Lipinski definition) is 6. The molecule has 1 atom stereocenters. The minimum absolute atomic E-state index is 0.0558. The van der Waals surface area contributed by atoms with Crippen LogP contribution in [0.15, 0.2) is 27.9 Å². The van der Waals surface area contributed by atoms with Crippen molar-refractivity contribution in [2.75, 3.05) is 24.2 Å². The Hall–Kier alpha value is -1.48. The molecule has 3 rings (SSSR count). The normalized spacial score (nSPS) is 16.7. The highest BCUT2D eigenvalue weighted by molar-refractivity contribution is 8.01. The lowest BCUT2D eigenvalue weighted by molar-refractivity contribution is -0.128. The summed E-state index contributed by atoms with van der Waals surface area (Å²) in [5, 5.41) is 14.9. The van der Waals surface area contributed by atoms with Crippen molar-refractivity contribution in [2.45, 2.75) is 23.2 Å². The van der Waals surface area contributed by atoms with Crippen LogP contribution in [0.25, 0.3) is 0 Å². The Kier molecular flexibility index (Phi) is 6.86. The molecule has 1 fully saturated rings. The number of benzene rings is 1. The highest BCUT2D eigenvalue weighted by Crippen LogP contribution is 2.28. The lowest BCUT2D eigenvalue weighted by Gasteiger charge is -2.25. The minimum atomic E-state index is -1.03. The number of carbonyl (C=O) groups is 2. The van der Waals surface area contributed by atoms with Gasteiger partial charge in [0.1, 0.15) is 0 Å². The molecule has 1 unspecified atom stereocenters. The molecule has 0 radical (unpaired) electrons. The van der Waals surface area contributed by atoms with E-state index in [4.69, 9.17) is 28.3 Å². The standard InChI is InChI=1S/C17H17Cl2N3O3S2/c18-10-1-3-12(19)13(7-10)20-8-11-2-4-15(23)22(11)5-6-26-17-21-14(9-27-17)16(24)25/h1,3,7,9,11,20H,2,4-6,8H2,(H,24,25). The maximum absolute atomic E-state index is 12.2. The number of carbonyl (C=O) groups excluding carboxylic acids is 1. The van der Waals surface area contributed by atoms with Crippen molar-refractivity contribution < 1.29 is 14.7 Å². The zero-order valence-corrected chi connectivity index (χ0v) is 17.3. The SMILES string of the molecule is O=C(O)c1csc(SCCN2C(=O)CCC2CNc2cc(Cl)ccc2Cl)n1. The number of thioether (sulfide) groups is 1. The summed E-state index contributed by atoms with van der Waals surface area (Å²) in [4.78, 5) is 29.0. The molecule has 2 heterocycles. The largest absolute Gasteiger partial charge is 0.476 e. The number of hydrogen-bond donors (Lipinski definition) is 2. The summed E-state index contributed by atoms with van der Waals surface area (Å²) in [6, 6.07) is 5.31. The highest BCUT2D eigenvalue weighted by Gasteiger charge is 2.30. The number of aromatic nitrogens is 1. The van der Waals surface area contributed by atoms with E-state index in [-0.39, 0.29) is 17.6 Å². The van der Waals surface area contributed by atoms with Crippen molar-refractivity contribution in [2.24, 2.45) is 0 Å². The molecule has 1 amide bonds. The summed E-state index contributed by atoms with van der Waals surface area (Å²) < 4.78 is 0.694. The van der Waals surface area contributed by atoms with E-state index in [1.54, 1.807) is 18.2 Å². The monoisotopic (exact) mass is 445 g/mol. The number of halogens is 2. The third-order valence-electron chi connectivity index (χ3n) is 4.17.